The van der Waals surface area contributed by atoms with Crippen LogP contribution in [0, 0.1) is 17.8 Å². The minimum Gasteiger partial charge on any atom is -0.373 e. The van der Waals surface area contributed by atoms with E-state index in [1.54, 1.807) is 5.56 Å². The lowest BCUT2D eigenvalue weighted by Gasteiger charge is -2.38. The molecule has 0 aliphatic heterocycles. The van der Waals surface area contributed by atoms with Crippen LogP contribution in [0.15, 0.2) is 48.6 Å². The molecule has 2 aliphatic rings. The third kappa shape index (κ3) is 7.14. The van der Waals surface area contributed by atoms with Gasteiger partial charge in [-0.1, -0.05) is 55.5 Å². The lowest BCUT2D eigenvalue weighted by Crippen LogP contribution is -2.25. The number of allylic oxidation sites excluding steroid dienone is 3. The molecule has 0 unspecified atom stereocenters. The molecule has 1 nitrogen and oxygen atoms in total. The van der Waals surface area contributed by atoms with Crippen LogP contribution in [-0.2, 0) is 11.3 Å². The van der Waals surface area contributed by atoms with Gasteiger partial charge in [0, 0.05) is 0 Å². The van der Waals surface area contributed by atoms with Gasteiger partial charge in [0.05, 0.1) is 13.2 Å². The zero-order valence-corrected chi connectivity index (χ0v) is 18.8. The van der Waals surface area contributed by atoms with Crippen molar-refractivity contribution in [2.75, 3.05) is 6.61 Å². The molecule has 2 saturated carbocycles. The highest BCUT2D eigenvalue weighted by Crippen LogP contribution is 2.44. The predicted octanol–water partition coefficient (Wildman–Crippen LogP) is 8.22. The Morgan fingerprint density at radius 2 is 1.48 bits per heavy atom. The van der Waals surface area contributed by atoms with Gasteiger partial charge in [-0.05, 0) is 106 Å². The van der Waals surface area contributed by atoms with Crippen LogP contribution in [0.5, 0.6) is 0 Å². The highest BCUT2D eigenvalue weighted by Gasteiger charge is 2.30. The van der Waals surface area contributed by atoms with E-state index >= 15 is 0 Å². The minimum absolute atomic E-state index is 0.708. The van der Waals surface area contributed by atoms with Gasteiger partial charge in [-0.15, -0.1) is 0 Å². The SMILES string of the molecule is CC=CCOCc1ccc(C2CCC(C3CCC(CC=CCC)CC3)CC2)cc1. The summed E-state index contributed by atoms with van der Waals surface area (Å²) in [5.74, 6) is 3.75. The molecule has 0 aromatic heterocycles. The van der Waals surface area contributed by atoms with E-state index in [2.05, 4.69) is 49.4 Å². The van der Waals surface area contributed by atoms with Gasteiger partial charge in [-0.25, -0.2) is 0 Å². The van der Waals surface area contributed by atoms with Crippen molar-refractivity contribution in [1.82, 2.24) is 0 Å². The van der Waals surface area contributed by atoms with E-state index in [0.29, 0.717) is 13.2 Å². The Kier molecular flexibility index (Phi) is 9.54. The molecule has 1 aromatic carbocycles. The molecule has 0 atom stereocenters. The maximum Gasteiger partial charge on any atom is 0.0721 e. The van der Waals surface area contributed by atoms with E-state index in [0.717, 1.165) is 23.7 Å². The molecular formula is C28H42O. The Morgan fingerprint density at radius 3 is 2.10 bits per heavy atom. The molecule has 0 heterocycles. The number of hydrogen-bond acceptors (Lipinski definition) is 1. The first kappa shape index (κ1) is 22.3. The van der Waals surface area contributed by atoms with Gasteiger partial charge in [0.15, 0.2) is 0 Å². The summed E-state index contributed by atoms with van der Waals surface area (Å²) in [6.07, 6.45) is 23.0. The Balaban J connectivity index is 1.38. The Morgan fingerprint density at radius 1 is 0.828 bits per heavy atom. The highest BCUT2D eigenvalue weighted by atomic mass is 16.5. The quantitative estimate of drug-likeness (QED) is 0.303. The van der Waals surface area contributed by atoms with Crippen molar-refractivity contribution in [3.8, 4) is 0 Å². The second-order valence-corrected chi connectivity index (χ2v) is 9.33. The second-order valence-electron chi connectivity index (χ2n) is 9.33. The second kappa shape index (κ2) is 12.4. The Bertz CT molecular complexity index is 610. The monoisotopic (exact) mass is 394 g/mol. The number of hydrogen-bond donors (Lipinski definition) is 0. The van der Waals surface area contributed by atoms with Crippen molar-refractivity contribution in [2.45, 2.75) is 90.6 Å². The van der Waals surface area contributed by atoms with E-state index in [9.17, 15) is 0 Å². The first-order chi connectivity index (χ1) is 14.3. The van der Waals surface area contributed by atoms with Crippen LogP contribution in [0.3, 0.4) is 0 Å². The number of rotatable bonds is 9. The summed E-state index contributed by atoms with van der Waals surface area (Å²) in [6.45, 7) is 5.69. The molecule has 0 radical (unpaired) electrons. The first-order valence-electron chi connectivity index (χ1n) is 12.2. The average molecular weight is 395 g/mol. The number of benzene rings is 1. The van der Waals surface area contributed by atoms with E-state index in [-0.39, 0.29) is 0 Å². The van der Waals surface area contributed by atoms with Gasteiger partial charge in [0.1, 0.15) is 0 Å². The molecule has 2 aliphatic carbocycles. The molecule has 1 heteroatoms. The predicted molar refractivity (Wildman–Crippen MR) is 125 cm³/mol. The Labute approximate surface area is 179 Å². The van der Waals surface area contributed by atoms with Gasteiger partial charge in [0.2, 0.25) is 0 Å². The van der Waals surface area contributed by atoms with Crippen molar-refractivity contribution in [3.05, 3.63) is 59.7 Å². The maximum absolute atomic E-state index is 5.67. The van der Waals surface area contributed by atoms with Gasteiger partial charge < -0.3 is 4.74 Å². The first-order valence-corrected chi connectivity index (χ1v) is 12.2. The molecule has 0 bridgehead atoms. The van der Waals surface area contributed by atoms with E-state index in [4.69, 9.17) is 4.74 Å². The van der Waals surface area contributed by atoms with Crippen LogP contribution < -0.4 is 0 Å². The highest BCUT2D eigenvalue weighted by molar-refractivity contribution is 5.25. The topological polar surface area (TPSA) is 9.23 Å². The summed E-state index contributed by atoms with van der Waals surface area (Å²) in [4.78, 5) is 0. The number of ether oxygens (including phenoxy) is 1. The van der Waals surface area contributed by atoms with Crippen molar-refractivity contribution in [1.29, 1.82) is 0 Å². The third-order valence-electron chi connectivity index (χ3n) is 7.37. The van der Waals surface area contributed by atoms with Crippen molar-refractivity contribution in [2.24, 2.45) is 17.8 Å². The summed E-state index contributed by atoms with van der Waals surface area (Å²) >= 11 is 0. The molecule has 29 heavy (non-hydrogen) atoms. The van der Waals surface area contributed by atoms with Crippen molar-refractivity contribution < 1.29 is 4.74 Å². The zero-order valence-electron chi connectivity index (χ0n) is 18.8. The van der Waals surface area contributed by atoms with Crippen LogP contribution in [0.25, 0.3) is 0 Å². The van der Waals surface area contributed by atoms with E-state index in [1.807, 2.05) is 13.0 Å². The minimum atomic E-state index is 0.708. The summed E-state index contributed by atoms with van der Waals surface area (Å²) in [5.41, 5.74) is 2.84. The molecule has 0 N–H and O–H groups in total. The van der Waals surface area contributed by atoms with Crippen LogP contribution in [0.1, 0.15) is 95.1 Å². The summed E-state index contributed by atoms with van der Waals surface area (Å²) in [7, 11) is 0. The maximum atomic E-state index is 5.67. The van der Waals surface area contributed by atoms with Crippen molar-refractivity contribution in [3.63, 3.8) is 0 Å². The smallest absolute Gasteiger partial charge is 0.0721 e. The molecular weight excluding hydrogens is 352 g/mol. The van der Waals surface area contributed by atoms with E-state index < -0.39 is 0 Å². The van der Waals surface area contributed by atoms with Crippen molar-refractivity contribution >= 4 is 0 Å². The fraction of sp³-hybridized carbons (Fsp3) is 0.643. The zero-order chi connectivity index (χ0) is 20.3. The molecule has 0 saturated heterocycles. The van der Waals surface area contributed by atoms with Crippen LogP contribution in [0.4, 0.5) is 0 Å². The standard InChI is InChI=1S/C28H42O/c1-3-5-7-8-23-9-13-25(14-10-23)27-17-19-28(20-18-27)26-15-11-24(12-16-26)22-29-21-6-4-2/h4-7,11-12,15-16,23,25,27-28H,3,8-10,13-14,17-22H2,1-2H3. The Hall–Kier alpha value is -1.34. The fourth-order valence-corrected chi connectivity index (χ4v) is 5.50. The average Bonchev–Trinajstić information content (AvgIpc) is 2.78. The molecule has 1 aromatic rings. The van der Waals surface area contributed by atoms with Gasteiger partial charge in [-0.3, -0.25) is 0 Å². The largest absolute Gasteiger partial charge is 0.373 e. The van der Waals surface area contributed by atoms with Crippen LogP contribution in [0.2, 0.25) is 0 Å². The van der Waals surface area contributed by atoms with Gasteiger partial charge in [0.25, 0.3) is 0 Å². The summed E-state index contributed by atoms with van der Waals surface area (Å²) < 4.78 is 5.67. The van der Waals surface area contributed by atoms with Crippen LogP contribution in [-0.4, -0.2) is 6.61 Å². The lowest BCUT2D eigenvalue weighted by atomic mass is 9.68. The molecule has 3 rings (SSSR count). The lowest BCUT2D eigenvalue weighted by molar-refractivity contribution is 0.148. The molecule has 0 spiro atoms. The molecule has 2 fully saturated rings. The van der Waals surface area contributed by atoms with Gasteiger partial charge in [-0.2, -0.15) is 0 Å². The van der Waals surface area contributed by atoms with E-state index in [1.165, 1.54) is 69.8 Å². The molecule has 0 amide bonds. The third-order valence-corrected chi connectivity index (χ3v) is 7.37. The normalized spacial score (nSPS) is 28.3. The molecule has 160 valence electrons. The summed E-state index contributed by atoms with van der Waals surface area (Å²) in [6, 6.07) is 9.25. The summed E-state index contributed by atoms with van der Waals surface area (Å²) in [5, 5.41) is 0. The van der Waals surface area contributed by atoms with Crippen LogP contribution >= 0.6 is 0 Å². The fourth-order valence-electron chi connectivity index (χ4n) is 5.50. The van der Waals surface area contributed by atoms with Gasteiger partial charge >= 0.3 is 0 Å².